The Kier molecular flexibility index (Phi) is 6.16. The first-order valence-electron chi connectivity index (χ1n) is 10.5. The molecule has 0 atom stereocenters. The zero-order valence-corrected chi connectivity index (χ0v) is 19.4. The SMILES string of the molecule is Cc1ccc(N2C(=O)NC(=O)/C(=C\c3cc(Cl)ccc3Cc3cc(C)cc(C)c3)C2=O)cc1. The van der Waals surface area contributed by atoms with Gasteiger partial charge in [-0.3, -0.25) is 14.9 Å². The van der Waals surface area contributed by atoms with E-state index in [0.717, 1.165) is 32.7 Å². The van der Waals surface area contributed by atoms with Crippen molar-refractivity contribution in [3.8, 4) is 0 Å². The van der Waals surface area contributed by atoms with Crippen molar-refractivity contribution < 1.29 is 14.4 Å². The van der Waals surface area contributed by atoms with Gasteiger partial charge in [0.15, 0.2) is 0 Å². The molecule has 0 aliphatic carbocycles. The highest BCUT2D eigenvalue weighted by molar-refractivity contribution is 6.39. The van der Waals surface area contributed by atoms with Crippen LogP contribution in [0.25, 0.3) is 6.08 Å². The van der Waals surface area contributed by atoms with Crippen molar-refractivity contribution in [2.45, 2.75) is 27.2 Å². The second-order valence-corrected chi connectivity index (χ2v) is 8.75. The molecule has 5 nitrogen and oxygen atoms in total. The predicted molar refractivity (Wildman–Crippen MR) is 130 cm³/mol. The highest BCUT2D eigenvalue weighted by Gasteiger charge is 2.36. The number of rotatable bonds is 4. The van der Waals surface area contributed by atoms with Gasteiger partial charge in [0.25, 0.3) is 11.8 Å². The maximum atomic E-state index is 13.2. The number of benzene rings is 3. The topological polar surface area (TPSA) is 66.5 Å². The Labute approximate surface area is 197 Å². The molecule has 1 heterocycles. The standard InChI is InChI=1S/C27H23ClN2O3/c1-16-4-8-23(9-5-16)30-26(32)24(25(31)29-27(30)33)15-21-14-22(28)7-6-20(21)13-19-11-17(2)10-18(3)12-19/h4-12,14-15H,13H2,1-3H3,(H,29,31,33)/b24-15+. The minimum atomic E-state index is -0.771. The van der Waals surface area contributed by atoms with Crippen LogP contribution in [0.3, 0.4) is 0 Å². The summed E-state index contributed by atoms with van der Waals surface area (Å²) in [4.78, 5) is 39.3. The first-order chi connectivity index (χ1) is 15.7. The van der Waals surface area contributed by atoms with Gasteiger partial charge in [0.05, 0.1) is 5.69 Å². The fraction of sp³-hybridized carbons (Fsp3) is 0.148. The molecular weight excluding hydrogens is 436 g/mol. The lowest BCUT2D eigenvalue weighted by Gasteiger charge is -2.26. The Morgan fingerprint density at radius 1 is 0.848 bits per heavy atom. The second kappa shape index (κ2) is 9.04. The van der Waals surface area contributed by atoms with Crippen LogP contribution < -0.4 is 10.2 Å². The van der Waals surface area contributed by atoms with Crippen LogP contribution in [0.1, 0.15) is 33.4 Å². The van der Waals surface area contributed by atoms with Crippen molar-refractivity contribution >= 4 is 41.2 Å². The molecule has 6 heteroatoms. The Hall–Kier alpha value is -3.70. The lowest BCUT2D eigenvalue weighted by molar-refractivity contribution is -0.122. The Bertz CT molecular complexity index is 1290. The predicted octanol–water partition coefficient (Wildman–Crippen LogP) is 5.52. The van der Waals surface area contributed by atoms with Gasteiger partial charge in [0.2, 0.25) is 0 Å². The molecule has 4 amide bonds. The summed E-state index contributed by atoms with van der Waals surface area (Å²) in [6.07, 6.45) is 2.12. The number of carbonyl (C=O) groups excluding carboxylic acids is 3. The first kappa shape index (κ1) is 22.5. The van der Waals surface area contributed by atoms with E-state index in [-0.39, 0.29) is 5.57 Å². The maximum absolute atomic E-state index is 13.2. The van der Waals surface area contributed by atoms with Gasteiger partial charge in [-0.15, -0.1) is 0 Å². The number of amides is 4. The number of anilines is 1. The monoisotopic (exact) mass is 458 g/mol. The molecule has 1 aliphatic heterocycles. The smallest absolute Gasteiger partial charge is 0.273 e. The molecule has 0 aromatic heterocycles. The van der Waals surface area contributed by atoms with Crippen LogP contribution in [0.2, 0.25) is 5.02 Å². The van der Waals surface area contributed by atoms with Crippen molar-refractivity contribution in [2.24, 2.45) is 0 Å². The molecule has 0 bridgehead atoms. The third-order valence-electron chi connectivity index (χ3n) is 5.48. The number of imide groups is 2. The average molecular weight is 459 g/mol. The molecule has 1 aliphatic rings. The summed E-state index contributed by atoms with van der Waals surface area (Å²) < 4.78 is 0. The van der Waals surface area contributed by atoms with Gasteiger partial charge < -0.3 is 0 Å². The first-order valence-corrected chi connectivity index (χ1v) is 10.9. The zero-order valence-electron chi connectivity index (χ0n) is 18.6. The summed E-state index contributed by atoms with van der Waals surface area (Å²) in [7, 11) is 0. The van der Waals surface area contributed by atoms with E-state index in [4.69, 9.17) is 11.6 Å². The highest BCUT2D eigenvalue weighted by Crippen LogP contribution is 2.26. The second-order valence-electron chi connectivity index (χ2n) is 8.31. The molecule has 0 spiro atoms. The number of urea groups is 1. The third-order valence-corrected chi connectivity index (χ3v) is 5.71. The van der Waals surface area contributed by atoms with Crippen LogP contribution in [0.5, 0.6) is 0 Å². The van der Waals surface area contributed by atoms with E-state index < -0.39 is 17.8 Å². The molecule has 1 N–H and O–H groups in total. The van der Waals surface area contributed by atoms with Crippen LogP contribution in [0, 0.1) is 20.8 Å². The van der Waals surface area contributed by atoms with Gasteiger partial charge in [-0.1, -0.05) is 64.7 Å². The van der Waals surface area contributed by atoms with Gasteiger partial charge in [0.1, 0.15) is 5.57 Å². The number of hydrogen-bond acceptors (Lipinski definition) is 3. The van der Waals surface area contributed by atoms with Crippen LogP contribution in [-0.4, -0.2) is 17.8 Å². The van der Waals surface area contributed by atoms with Crippen molar-refractivity contribution in [3.63, 3.8) is 0 Å². The molecule has 0 unspecified atom stereocenters. The number of halogens is 1. The number of hydrogen-bond donors (Lipinski definition) is 1. The summed E-state index contributed by atoms with van der Waals surface area (Å²) in [5.74, 6) is -1.41. The Morgan fingerprint density at radius 2 is 1.52 bits per heavy atom. The van der Waals surface area contributed by atoms with Gasteiger partial charge in [-0.25, -0.2) is 9.69 Å². The van der Waals surface area contributed by atoms with E-state index in [2.05, 4.69) is 23.5 Å². The van der Waals surface area contributed by atoms with Crippen LogP contribution in [0.15, 0.2) is 66.2 Å². The van der Waals surface area contributed by atoms with E-state index >= 15 is 0 Å². The molecule has 3 aromatic rings. The molecule has 4 rings (SSSR count). The van der Waals surface area contributed by atoms with Gasteiger partial charge in [0, 0.05) is 5.02 Å². The molecule has 1 fully saturated rings. The quantitative estimate of drug-likeness (QED) is 0.413. The van der Waals surface area contributed by atoms with Crippen molar-refractivity contribution in [2.75, 3.05) is 4.90 Å². The molecule has 3 aromatic carbocycles. The van der Waals surface area contributed by atoms with Gasteiger partial charge >= 0.3 is 6.03 Å². The van der Waals surface area contributed by atoms with E-state index in [9.17, 15) is 14.4 Å². The largest absolute Gasteiger partial charge is 0.335 e. The van der Waals surface area contributed by atoms with E-state index in [1.54, 1.807) is 36.4 Å². The number of nitrogens with zero attached hydrogens (tertiary/aromatic N) is 1. The van der Waals surface area contributed by atoms with E-state index in [1.807, 2.05) is 26.8 Å². The molecule has 166 valence electrons. The molecule has 0 saturated carbocycles. The number of aryl methyl sites for hydroxylation is 3. The fourth-order valence-corrected chi connectivity index (χ4v) is 4.17. The maximum Gasteiger partial charge on any atom is 0.335 e. The van der Waals surface area contributed by atoms with Crippen molar-refractivity contribution in [1.82, 2.24) is 5.32 Å². The lowest BCUT2D eigenvalue weighted by Crippen LogP contribution is -2.54. The van der Waals surface area contributed by atoms with Crippen LogP contribution in [0.4, 0.5) is 10.5 Å². The van der Waals surface area contributed by atoms with Gasteiger partial charge in [-0.2, -0.15) is 0 Å². The molecular formula is C27H23ClN2O3. The molecule has 1 saturated heterocycles. The van der Waals surface area contributed by atoms with Crippen LogP contribution in [-0.2, 0) is 16.0 Å². The van der Waals surface area contributed by atoms with Crippen molar-refractivity contribution in [1.29, 1.82) is 0 Å². The summed E-state index contributed by atoms with van der Waals surface area (Å²) >= 11 is 6.24. The summed E-state index contributed by atoms with van der Waals surface area (Å²) in [6, 6.07) is 17.9. The summed E-state index contributed by atoms with van der Waals surface area (Å²) in [5, 5.41) is 2.76. The zero-order chi connectivity index (χ0) is 23.7. The van der Waals surface area contributed by atoms with Crippen LogP contribution >= 0.6 is 11.6 Å². The summed E-state index contributed by atoms with van der Waals surface area (Å²) in [5.41, 5.74) is 6.26. The highest BCUT2D eigenvalue weighted by atomic mass is 35.5. The normalized spacial score (nSPS) is 15.2. The average Bonchev–Trinajstić information content (AvgIpc) is 2.73. The van der Waals surface area contributed by atoms with E-state index in [0.29, 0.717) is 22.7 Å². The minimum absolute atomic E-state index is 0.126. The van der Waals surface area contributed by atoms with Gasteiger partial charge in [-0.05, 0) is 74.2 Å². The van der Waals surface area contributed by atoms with E-state index in [1.165, 1.54) is 6.08 Å². The summed E-state index contributed by atoms with van der Waals surface area (Å²) in [6.45, 7) is 6.00. The number of barbiturate groups is 1. The third kappa shape index (κ3) is 4.89. The van der Waals surface area contributed by atoms with Crippen molar-refractivity contribution in [3.05, 3.63) is 105 Å². The fourth-order valence-electron chi connectivity index (χ4n) is 3.99. The molecule has 33 heavy (non-hydrogen) atoms. The number of carbonyl (C=O) groups is 3. The minimum Gasteiger partial charge on any atom is -0.273 e. The molecule has 0 radical (unpaired) electrons. The lowest BCUT2D eigenvalue weighted by atomic mass is 9.95. The Morgan fingerprint density at radius 3 is 2.18 bits per heavy atom. The number of nitrogens with one attached hydrogen (secondary N) is 1. The Balaban J connectivity index is 1.74.